The van der Waals surface area contributed by atoms with E-state index >= 15 is 0 Å². The molecule has 0 unspecified atom stereocenters. The molecule has 1 heterocycles. The number of aliphatic hydroxyl groups is 1. The molecule has 3 nitrogen and oxygen atoms in total. The van der Waals surface area contributed by atoms with Gasteiger partial charge in [-0.2, -0.15) is 0 Å². The number of hydrogen-bond acceptors (Lipinski definition) is 3. The summed E-state index contributed by atoms with van der Waals surface area (Å²) in [5, 5.41) is 12.2. The average Bonchev–Trinajstić information content (AvgIpc) is 2.32. The lowest BCUT2D eigenvalue weighted by atomic mass is 10.1. The molecule has 1 aliphatic heterocycles. The molecule has 82 valence electrons. The highest BCUT2D eigenvalue weighted by atomic mass is 16.2. The van der Waals surface area contributed by atoms with Gasteiger partial charge in [-0.05, 0) is 24.1 Å². The standard InChI is InChI=1S/C12H18N2O/c15-10-5-11-1-3-12(4-2-11)14-8-6-13-7-9-14/h1-4,13,15H,5-10H2. The third-order valence-electron chi connectivity index (χ3n) is 2.82. The van der Waals surface area contributed by atoms with E-state index in [-0.39, 0.29) is 6.61 Å². The molecule has 0 spiro atoms. The Bertz CT molecular complexity index is 291. The van der Waals surface area contributed by atoms with Crippen LogP contribution in [0, 0.1) is 0 Å². The van der Waals surface area contributed by atoms with Gasteiger partial charge in [-0.3, -0.25) is 0 Å². The summed E-state index contributed by atoms with van der Waals surface area (Å²) in [7, 11) is 0. The lowest BCUT2D eigenvalue weighted by Gasteiger charge is -2.29. The molecule has 3 heteroatoms. The van der Waals surface area contributed by atoms with Crippen LogP contribution in [0.25, 0.3) is 0 Å². The van der Waals surface area contributed by atoms with Crippen molar-refractivity contribution in [3.8, 4) is 0 Å². The van der Waals surface area contributed by atoms with Crippen LogP contribution in [0.1, 0.15) is 5.56 Å². The predicted molar refractivity (Wildman–Crippen MR) is 62.3 cm³/mol. The van der Waals surface area contributed by atoms with Crippen LogP contribution < -0.4 is 10.2 Å². The van der Waals surface area contributed by atoms with E-state index in [1.807, 2.05) is 0 Å². The van der Waals surface area contributed by atoms with Crippen molar-refractivity contribution in [3.05, 3.63) is 29.8 Å². The topological polar surface area (TPSA) is 35.5 Å². The Morgan fingerprint density at radius 2 is 1.80 bits per heavy atom. The minimum absolute atomic E-state index is 0.229. The van der Waals surface area contributed by atoms with Gasteiger partial charge >= 0.3 is 0 Å². The molecular formula is C12H18N2O. The Balaban J connectivity index is 2.02. The largest absolute Gasteiger partial charge is 0.396 e. The zero-order valence-corrected chi connectivity index (χ0v) is 8.95. The molecule has 0 aliphatic carbocycles. The second kappa shape index (κ2) is 5.14. The summed E-state index contributed by atoms with van der Waals surface area (Å²) in [6, 6.07) is 8.51. The molecule has 1 saturated heterocycles. The summed E-state index contributed by atoms with van der Waals surface area (Å²) < 4.78 is 0. The smallest absolute Gasteiger partial charge is 0.0471 e. The molecule has 1 aliphatic rings. The minimum atomic E-state index is 0.229. The number of benzene rings is 1. The summed E-state index contributed by atoms with van der Waals surface area (Å²) in [5.41, 5.74) is 2.49. The number of aliphatic hydroxyl groups excluding tert-OH is 1. The number of piperazine rings is 1. The monoisotopic (exact) mass is 206 g/mol. The average molecular weight is 206 g/mol. The van der Waals surface area contributed by atoms with Crippen LogP contribution >= 0.6 is 0 Å². The molecule has 0 aromatic heterocycles. The highest BCUT2D eigenvalue weighted by molar-refractivity contribution is 5.48. The van der Waals surface area contributed by atoms with E-state index < -0.39 is 0 Å². The third kappa shape index (κ3) is 2.70. The van der Waals surface area contributed by atoms with Crippen LogP contribution in [0.5, 0.6) is 0 Å². The first-order valence-corrected chi connectivity index (χ1v) is 5.55. The van der Waals surface area contributed by atoms with Gasteiger partial charge in [0.2, 0.25) is 0 Å². The number of nitrogens with one attached hydrogen (secondary N) is 1. The van der Waals surface area contributed by atoms with Crippen molar-refractivity contribution in [3.63, 3.8) is 0 Å². The molecule has 0 atom stereocenters. The first-order chi connectivity index (χ1) is 7.40. The van der Waals surface area contributed by atoms with Gasteiger partial charge in [-0.15, -0.1) is 0 Å². The molecule has 0 saturated carbocycles. The summed E-state index contributed by atoms with van der Waals surface area (Å²) in [6.07, 6.45) is 0.752. The van der Waals surface area contributed by atoms with Gasteiger partial charge < -0.3 is 15.3 Å². The lowest BCUT2D eigenvalue weighted by molar-refractivity contribution is 0.299. The van der Waals surface area contributed by atoms with Crippen LogP contribution in [0.3, 0.4) is 0 Å². The summed E-state index contributed by atoms with van der Waals surface area (Å²) >= 11 is 0. The zero-order chi connectivity index (χ0) is 10.5. The van der Waals surface area contributed by atoms with Crippen LogP contribution in [0.15, 0.2) is 24.3 Å². The van der Waals surface area contributed by atoms with Gasteiger partial charge in [0.25, 0.3) is 0 Å². The molecule has 1 aromatic carbocycles. The molecule has 1 fully saturated rings. The molecule has 0 radical (unpaired) electrons. The molecular weight excluding hydrogens is 188 g/mol. The Kier molecular flexibility index (Phi) is 3.59. The Hall–Kier alpha value is -1.06. The molecule has 0 amide bonds. The Morgan fingerprint density at radius 1 is 1.13 bits per heavy atom. The van der Waals surface area contributed by atoms with E-state index in [9.17, 15) is 0 Å². The molecule has 2 rings (SSSR count). The lowest BCUT2D eigenvalue weighted by Crippen LogP contribution is -2.43. The second-order valence-electron chi connectivity index (χ2n) is 3.88. The fraction of sp³-hybridized carbons (Fsp3) is 0.500. The van der Waals surface area contributed by atoms with Crippen molar-refractivity contribution in [1.82, 2.24) is 5.32 Å². The van der Waals surface area contributed by atoms with Crippen molar-refractivity contribution in [2.45, 2.75) is 6.42 Å². The number of anilines is 1. The van der Waals surface area contributed by atoms with Crippen molar-refractivity contribution in [2.75, 3.05) is 37.7 Å². The van der Waals surface area contributed by atoms with E-state index in [0.717, 1.165) is 32.6 Å². The van der Waals surface area contributed by atoms with E-state index in [2.05, 4.69) is 34.5 Å². The quantitative estimate of drug-likeness (QED) is 0.761. The number of rotatable bonds is 3. The van der Waals surface area contributed by atoms with Gasteiger partial charge in [0.05, 0.1) is 0 Å². The van der Waals surface area contributed by atoms with E-state index in [1.54, 1.807) is 0 Å². The predicted octanol–water partition coefficient (Wildman–Crippen LogP) is 0.631. The highest BCUT2D eigenvalue weighted by Crippen LogP contribution is 2.15. The van der Waals surface area contributed by atoms with Crippen LogP contribution in [-0.4, -0.2) is 37.9 Å². The van der Waals surface area contributed by atoms with Crippen LogP contribution in [0.4, 0.5) is 5.69 Å². The number of hydrogen-bond donors (Lipinski definition) is 2. The van der Waals surface area contributed by atoms with Crippen molar-refractivity contribution >= 4 is 5.69 Å². The van der Waals surface area contributed by atoms with E-state index in [0.29, 0.717) is 0 Å². The maximum absolute atomic E-state index is 8.82. The molecule has 2 N–H and O–H groups in total. The normalized spacial score (nSPS) is 16.7. The highest BCUT2D eigenvalue weighted by Gasteiger charge is 2.09. The van der Waals surface area contributed by atoms with E-state index in [1.165, 1.54) is 11.3 Å². The van der Waals surface area contributed by atoms with Crippen LogP contribution in [-0.2, 0) is 6.42 Å². The first kappa shape index (κ1) is 10.5. The SMILES string of the molecule is OCCc1ccc(N2CCNCC2)cc1. The maximum atomic E-state index is 8.82. The van der Waals surface area contributed by atoms with Crippen molar-refractivity contribution in [1.29, 1.82) is 0 Å². The molecule has 0 bridgehead atoms. The maximum Gasteiger partial charge on any atom is 0.0471 e. The van der Waals surface area contributed by atoms with Crippen LogP contribution in [0.2, 0.25) is 0 Å². The molecule has 15 heavy (non-hydrogen) atoms. The van der Waals surface area contributed by atoms with Gasteiger partial charge in [0, 0.05) is 38.5 Å². The Morgan fingerprint density at radius 3 is 2.40 bits per heavy atom. The minimum Gasteiger partial charge on any atom is -0.396 e. The third-order valence-corrected chi connectivity index (χ3v) is 2.82. The molecule has 1 aromatic rings. The number of nitrogens with zero attached hydrogens (tertiary/aromatic N) is 1. The van der Waals surface area contributed by atoms with Gasteiger partial charge in [0.15, 0.2) is 0 Å². The van der Waals surface area contributed by atoms with Gasteiger partial charge in [-0.25, -0.2) is 0 Å². The summed E-state index contributed by atoms with van der Waals surface area (Å²) in [5.74, 6) is 0. The second-order valence-corrected chi connectivity index (χ2v) is 3.88. The fourth-order valence-electron chi connectivity index (χ4n) is 1.93. The first-order valence-electron chi connectivity index (χ1n) is 5.55. The van der Waals surface area contributed by atoms with Crippen molar-refractivity contribution < 1.29 is 5.11 Å². The Labute approximate surface area is 90.7 Å². The summed E-state index contributed by atoms with van der Waals surface area (Å²) in [6.45, 7) is 4.53. The van der Waals surface area contributed by atoms with Gasteiger partial charge in [-0.1, -0.05) is 12.1 Å². The van der Waals surface area contributed by atoms with Gasteiger partial charge in [0.1, 0.15) is 0 Å². The van der Waals surface area contributed by atoms with E-state index in [4.69, 9.17) is 5.11 Å². The van der Waals surface area contributed by atoms with Crippen molar-refractivity contribution in [2.24, 2.45) is 0 Å². The zero-order valence-electron chi connectivity index (χ0n) is 8.95. The summed E-state index contributed by atoms with van der Waals surface area (Å²) in [4.78, 5) is 2.39. The fourth-order valence-corrected chi connectivity index (χ4v) is 1.93.